The molecule has 0 aromatic rings. The summed E-state index contributed by atoms with van der Waals surface area (Å²) in [5, 5.41) is 17.4. The molecule has 0 fully saturated rings. The number of hydrogen-bond acceptors (Lipinski definition) is 4. The van der Waals surface area contributed by atoms with Crippen LogP contribution in [0.4, 0.5) is 0 Å². The molecule has 0 aliphatic carbocycles. The van der Waals surface area contributed by atoms with Crippen molar-refractivity contribution in [1.82, 2.24) is 0 Å². The third-order valence-corrected chi connectivity index (χ3v) is 0.819. The molecule has 0 aromatic heterocycles. The average molecular weight is 150 g/mol. The fourth-order valence-electron chi connectivity index (χ4n) is 0.485. The van der Waals surface area contributed by atoms with Gasteiger partial charge in [-0.1, -0.05) is 0 Å². The van der Waals surface area contributed by atoms with Gasteiger partial charge in [-0.25, -0.2) is 0 Å². The predicted molar refractivity (Wildman–Crippen MR) is 35.3 cm³/mol. The number of ether oxygens (including phenoxy) is 2. The van der Waals surface area contributed by atoms with Gasteiger partial charge < -0.3 is 19.7 Å². The van der Waals surface area contributed by atoms with Crippen molar-refractivity contribution in [1.29, 1.82) is 0 Å². The second-order valence-electron chi connectivity index (χ2n) is 1.85. The fraction of sp³-hybridized carbons (Fsp3) is 1.00. The van der Waals surface area contributed by atoms with E-state index in [1.165, 1.54) is 6.92 Å². The molecule has 0 amide bonds. The summed E-state index contributed by atoms with van der Waals surface area (Å²) in [6.45, 7) is 3.87. The summed E-state index contributed by atoms with van der Waals surface area (Å²) in [6, 6.07) is 0. The van der Waals surface area contributed by atoms with Gasteiger partial charge in [0.15, 0.2) is 12.6 Å². The highest BCUT2D eigenvalue weighted by atomic mass is 16.7. The fourth-order valence-corrected chi connectivity index (χ4v) is 0.485. The summed E-state index contributed by atoms with van der Waals surface area (Å²) in [6.07, 6.45) is -1.98. The number of hydrogen-bond donors (Lipinski definition) is 2. The van der Waals surface area contributed by atoms with E-state index in [0.717, 1.165) is 0 Å². The van der Waals surface area contributed by atoms with Crippen LogP contribution in [0.1, 0.15) is 13.8 Å². The molecule has 0 saturated carbocycles. The van der Waals surface area contributed by atoms with Crippen molar-refractivity contribution in [2.45, 2.75) is 26.4 Å². The van der Waals surface area contributed by atoms with Gasteiger partial charge in [-0.15, -0.1) is 0 Å². The van der Waals surface area contributed by atoms with E-state index < -0.39 is 12.6 Å². The average Bonchev–Trinajstić information content (AvgIpc) is 1.82. The Kier molecular flexibility index (Phi) is 5.52. The van der Waals surface area contributed by atoms with Gasteiger partial charge in [0, 0.05) is 6.61 Å². The van der Waals surface area contributed by atoms with Crippen LogP contribution >= 0.6 is 0 Å². The van der Waals surface area contributed by atoms with Gasteiger partial charge in [-0.05, 0) is 13.8 Å². The van der Waals surface area contributed by atoms with Crippen molar-refractivity contribution in [3.05, 3.63) is 0 Å². The van der Waals surface area contributed by atoms with Crippen molar-refractivity contribution in [3.63, 3.8) is 0 Å². The van der Waals surface area contributed by atoms with E-state index in [4.69, 9.17) is 14.9 Å². The Hall–Kier alpha value is -0.160. The Bertz CT molecular complexity index is 74.1. The van der Waals surface area contributed by atoms with Crippen LogP contribution in [0.3, 0.4) is 0 Å². The van der Waals surface area contributed by atoms with E-state index in [-0.39, 0.29) is 6.61 Å². The van der Waals surface area contributed by atoms with Crippen molar-refractivity contribution in [2.24, 2.45) is 0 Å². The molecule has 0 aromatic carbocycles. The molecule has 0 spiro atoms. The zero-order valence-corrected chi connectivity index (χ0v) is 6.28. The van der Waals surface area contributed by atoms with Crippen molar-refractivity contribution < 1.29 is 19.7 Å². The molecule has 4 heteroatoms. The highest BCUT2D eigenvalue weighted by Crippen LogP contribution is 1.92. The van der Waals surface area contributed by atoms with Crippen LogP contribution in [0.2, 0.25) is 0 Å². The van der Waals surface area contributed by atoms with Crippen LogP contribution < -0.4 is 0 Å². The van der Waals surface area contributed by atoms with Crippen LogP contribution in [0, 0.1) is 0 Å². The molecule has 0 heterocycles. The standard InChI is InChI=1S/C6H14O4/c1-3-9-4-6(8)10-5(2)7/h5-8H,3-4H2,1-2H3. The van der Waals surface area contributed by atoms with E-state index in [0.29, 0.717) is 6.61 Å². The zero-order chi connectivity index (χ0) is 7.98. The molecular formula is C6H14O4. The second-order valence-corrected chi connectivity index (χ2v) is 1.85. The Morgan fingerprint density at radius 2 is 2.00 bits per heavy atom. The molecule has 0 aliphatic heterocycles. The van der Waals surface area contributed by atoms with Crippen molar-refractivity contribution in [2.75, 3.05) is 13.2 Å². The SMILES string of the molecule is CCOCC(O)OC(C)O. The minimum atomic E-state index is -1.03. The highest BCUT2D eigenvalue weighted by molar-refractivity contribution is 4.36. The van der Waals surface area contributed by atoms with E-state index in [2.05, 4.69) is 4.74 Å². The van der Waals surface area contributed by atoms with Gasteiger partial charge in [-0.2, -0.15) is 0 Å². The Balaban J connectivity index is 3.16. The van der Waals surface area contributed by atoms with Crippen molar-refractivity contribution in [3.8, 4) is 0 Å². The van der Waals surface area contributed by atoms with Gasteiger partial charge in [0.2, 0.25) is 0 Å². The molecule has 2 unspecified atom stereocenters. The summed E-state index contributed by atoms with van der Waals surface area (Å²) >= 11 is 0. The smallest absolute Gasteiger partial charge is 0.181 e. The largest absolute Gasteiger partial charge is 0.376 e. The van der Waals surface area contributed by atoms with Crippen LogP contribution in [-0.2, 0) is 9.47 Å². The maximum absolute atomic E-state index is 8.84. The van der Waals surface area contributed by atoms with E-state index >= 15 is 0 Å². The van der Waals surface area contributed by atoms with Crippen LogP contribution in [0.5, 0.6) is 0 Å². The lowest BCUT2D eigenvalue weighted by Crippen LogP contribution is -2.23. The zero-order valence-electron chi connectivity index (χ0n) is 6.28. The molecule has 2 N–H and O–H groups in total. The number of aliphatic hydroxyl groups excluding tert-OH is 2. The third-order valence-electron chi connectivity index (χ3n) is 0.819. The highest BCUT2D eigenvalue weighted by Gasteiger charge is 2.05. The molecule has 0 radical (unpaired) electrons. The summed E-state index contributed by atoms with van der Waals surface area (Å²) in [4.78, 5) is 0. The lowest BCUT2D eigenvalue weighted by Gasteiger charge is -2.12. The van der Waals surface area contributed by atoms with Gasteiger partial charge in [0.25, 0.3) is 0 Å². The molecule has 62 valence electrons. The van der Waals surface area contributed by atoms with Gasteiger partial charge in [0.05, 0.1) is 6.61 Å². The minimum absolute atomic E-state index is 0.0986. The molecule has 0 aliphatic rings. The minimum Gasteiger partial charge on any atom is -0.376 e. The topological polar surface area (TPSA) is 58.9 Å². The van der Waals surface area contributed by atoms with E-state index in [1.807, 2.05) is 6.92 Å². The summed E-state index contributed by atoms with van der Waals surface area (Å²) in [5.41, 5.74) is 0. The first kappa shape index (κ1) is 9.84. The van der Waals surface area contributed by atoms with Crippen LogP contribution in [-0.4, -0.2) is 36.0 Å². The molecule has 10 heavy (non-hydrogen) atoms. The summed E-state index contributed by atoms with van der Waals surface area (Å²) in [7, 11) is 0. The maximum Gasteiger partial charge on any atom is 0.181 e. The quantitative estimate of drug-likeness (QED) is 0.528. The van der Waals surface area contributed by atoms with E-state index in [9.17, 15) is 0 Å². The van der Waals surface area contributed by atoms with Crippen LogP contribution in [0.25, 0.3) is 0 Å². The number of aliphatic hydroxyl groups is 2. The Labute approximate surface area is 60.4 Å². The Morgan fingerprint density at radius 1 is 1.40 bits per heavy atom. The first-order chi connectivity index (χ1) is 4.66. The summed E-state index contributed by atoms with van der Waals surface area (Å²) < 4.78 is 9.35. The molecular weight excluding hydrogens is 136 g/mol. The molecule has 4 nitrogen and oxygen atoms in total. The lowest BCUT2D eigenvalue weighted by atomic mass is 10.6. The molecule has 0 saturated heterocycles. The predicted octanol–water partition coefficient (Wildman–Crippen LogP) is -0.304. The molecule has 2 atom stereocenters. The first-order valence-electron chi connectivity index (χ1n) is 3.26. The second kappa shape index (κ2) is 5.61. The van der Waals surface area contributed by atoms with Crippen molar-refractivity contribution >= 4 is 0 Å². The van der Waals surface area contributed by atoms with Gasteiger partial charge in [-0.3, -0.25) is 0 Å². The normalized spacial score (nSPS) is 16.8. The Morgan fingerprint density at radius 3 is 2.40 bits per heavy atom. The van der Waals surface area contributed by atoms with Crippen LogP contribution in [0.15, 0.2) is 0 Å². The van der Waals surface area contributed by atoms with Gasteiger partial charge >= 0.3 is 0 Å². The molecule has 0 bridgehead atoms. The van der Waals surface area contributed by atoms with Gasteiger partial charge in [0.1, 0.15) is 0 Å². The third kappa shape index (κ3) is 5.97. The summed E-state index contributed by atoms with van der Waals surface area (Å²) in [5.74, 6) is 0. The monoisotopic (exact) mass is 150 g/mol. The number of rotatable bonds is 5. The maximum atomic E-state index is 8.84. The molecule has 0 rings (SSSR count). The first-order valence-corrected chi connectivity index (χ1v) is 3.26. The lowest BCUT2D eigenvalue weighted by molar-refractivity contribution is -0.217. The van der Waals surface area contributed by atoms with E-state index in [1.54, 1.807) is 0 Å².